The first-order valence-corrected chi connectivity index (χ1v) is 15.9. The summed E-state index contributed by atoms with van der Waals surface area (Å²) in [6.45, 7) is 5.81. The van der Waals surface area contributed by atoms with Gasteiger partial charge >= 0.3 is 0 Å². The normalized spacial score (nSPS) is 16.2. The van der Waals surface area contributed by atoms with Crippen molar-refractivity contribution in [3.05, 3.63) is 101 Å². The lowest BCUT2D eigenvalue weighted by Crippen LogP contribution is -2.49. The number of fused-ring (bicyclic) bond motifs is 1. The molecule has 224 valence electrons. The van der Waals surface area contributed by atoms with Crippen molar-refractivity contribution in [1.29, 1.82) is 0 Å². The van der Waals surface area contributed by atoms with Crippen LogP contribution in [0, 0.1) is 0 Å². The molecule has 0 spiro atoms. The number of piperidine rings is 1. The average molecular weight is 607 g/mol. The first kappa shape index (κ1) is 28.3. The summed E-state index contributed by atoms with van der Waals surface area (Å²) in [6.07, 6.45) is 4.09. The number of nitrogens with one attached hydrogen (secondary N) is 2. The molecule has 0 unspecified atom stereocenters. The lowest BCUT2D eigenvalue weighted by Gasteiger charge is -2.40. The van der Waals surface area contributed by atoms with Crippen molar-refractivity contribution in [2.24, 2.45) is 0 Å². The van der Waals surface area contributed by atoms with E-state index in [4.69, 9.17) is 4.74 Å². The second-order valence-electron chi connectivity index (χ2n) is 11.2. The van der Waals surface area contributed by atoms with Gasteiger partial charge in [0, 0.05) is 60.2 Å². The predicted octanol–water partition coefficient (Wildman–Crippen LogP) is 5.89. The SMILES string of the molecule is O=C(Nc1ccc2c(cnn2-c2ccc(NC(=O)c3cccs3)cc2)c1)c1ccc(N2CCC(N3CCOCC3)CC2)cc1. The van der Waals surface area contributed by atoms with Crippen molar-refractivity contribution in [2.45, 2.75) is 18.9 Å². The summed E-state index contributed by atoms with van der Waals surface area (Å²) in [5.74, 6) is -0.267. The third-order valence-electron chi connectivity index (χ3n) is 8.46. The number of nitrogens with zero attached hydrogens (tertiary/aromatic N) is 4. The number of amides is 2. The summed E-state index contributed by atoms with van der Waals surface area (Å²) >= 11 is 1.41. The molecule has 3 aromatic carbocycles. The second-order valence-corrected chi connectivity index (χ2v) is 12.1. The molecule has 2 N–H and O–H groups in total. The molecule has 2 amide bonds. The Bertz CT molecular complexity index is 1740. The highest BCUT2D eigenvalue weighted by Gasteiger charge is 2.26. The number of morpholine rings is 1. The molecule has 0 atom stereocenters. The Morgan fingerprint density at radius 1 is 0.795 bits per heavy atom. The number of rotatable bonds is 7. The second kappa shape index (κ2) is 12.6. The Labute approximate surface area is 260 Å². The van der Waals surface area contributed by atoms with E-state index in [0.29, 0.717) is 22.2 Å². The van der Waals surface area contributed by atoms with Crippen LogP contribution in [-0.2, 0) is 4.74 Å². The maximum absolute atomic E-state index is 13.1. The molecule has 2 saturated heterocycles. The van der Waals surface area contributed by atoms with Crippen LogP contribution >= 0.6 is 11.3 Å². The smallest absolute Gasteiger partial charge is 0.265 e. The van der Waals surface area contributed by atoms with Gasteiger partial charge in [-0.3, -0.25) is 14.5 Å². The van der Waals surface area contributed by atoms with Gasteiger partial charge in [-0.25, -0.2) is 4.68 Å². The van der Waals surface area contributed by atoms with Gasteiger partial charge in [-0.2, -0.15) is 5.10 Å². The van der Waals surface area contributed by atoms with E-state index in [0.717, 1.165) is 80.2 Å². The summed E-state index contributed by atoms with van der Waals surface area (Å²) in [6, 6.07) is 25.5. The van der Waals surface area contributed by atoms with Crippen LogP contribution in [0.1, 0.15) is 32.9 Å². The molecule has 0 aliphatic carbocycles. The Morgan fingerprint density at radius 2 is 1.50 bits per heavy atom. The largest absolute Gasteiger partial charge is 0.379 e. The average Bonchev–Trinajstić information content (AvgIpc) is 3.77. The minimum Gasteiger partial charge on any atom is -0.379 e. The molecule has 4 heterocycles. The lowest BCUT2D eigenvalue weighted by atomic mass is 10.0. The van der Waals surface area contributed by atoms with Gasteiger partial charge in [0.25, 0.3) is 11.8 Å². The van der Waals surface area contributed by atoms with Gasteiger partial charge in [-0.05, 0) is 91.0 Å². The number of thiophene rings is 1. The first-order valence-electron chi connectivity index (χ1n) is 15.0. The summed E-state index contributed by atoms with van der Waals surface area (Å²) in [5, 5.41) is 13.3. The molecule has 9 nitrogen and oxygen atoms in total. The maximum atomic E-state index is 13.1. The van der Waals surface area contributed by atoms with E-state index in [-0.39, 0.29) is 11.8 Å². The number of hydrogen-bond donors (Lipinski definition) is 2. The van der Waals surface area contributed by atoms with Gasteiger partial charge in [0.15, 0.2) is 0 Å². The van der Waals surface area contributed by atoms with E-state index in [2.05, 4.69) is 37.7 Å². The zero-order chi connectivity index (χ0) is 29.9. The molecule has 10 heteroatoms. The number of carbonyl (C=O) groups is 2. The number of benzene rings is 3. The zero-order valence-electron chi connectivity index (χ0n) is 24.3. The predicted molar refractivity (Wildman–Crippen MR) is 175 cm³/mol. The highest BCUT2D eigenvalue weighted by molar-refractivity contribution is 7.12. The minimum atomic E-state index is -0.144. The van der Waals surface area contributed by atoms with Crippen LogP contribution in [0.4, 0.5) is 17.1 Å². The van der Waals surface area contributed by atoms with Crippen molar-refractivity contribution < 1.29 is 14.3 Å². The van der Waals surface area contributed by atoms with E-state index >= 15 is 0 Å². The fourth-order valence-electron chi connectivity index (χ4n) is 6.06. The van der Waals surface area contributed by atoms with Crippen LogP contribution in [0.3, 0.4) is 0 Å². The summed E-state index contributed by atoms with van der Waals surface area (Å²) in [7, 11) is 0. The molecule has 5 aromatic rings. The Kier molecular flexibility index (Phi) is 8.10. The highest BCUT2D eigenvalue weighted by Crippen LogP contribution is 2.26. The van der Waals surface area contributed by atoms with Crippen LogP contribution < -0.4 is 15.5 Å². The number of aromatic nitrogens is 2. The maximum Gasteiger partial charge on any atom is 0.265 e. The standard InChI is InChI=1S/C34H34N6O3S/c41-33(24-3-8-28(9-4-24)38-15-13-29(14-16-38)39-17-19-43-20-18-39)37-27-7-12-31-25(22-27)23-35-40(31)30-10-5-26(6-11-30)36-34(42)32-2-1-21-44-32/h1-12,21-23,29H,13-20H2,(H,36,42)(H,37,41). The van der Waals surface area contributed by atoms with Gasteiger partial charge < -0.3 is 20.3 Å². The van der Waals surface area contributed by atoms with Crippen LogP contribution in [-0.4, -0.2) is 71.9 Å². The van der Waals surface area contributed by atoms with E-state index in [9.17, 15) is 9.59 Å². The Morgan fingerprint density at radius 3 is 2.23 bits per heavy atom. The van der Waals surface area contributed by atoms with Crippen molar-refractivity contribution >= 4 is 51.1 Å². The number of hydrogen-bond acceptors (Lipinski definition) is 7. The minimum absolute atomic E-state index is 0.123. The third kappa shape index (κ3) is 6.10. The van der Waals surface area contributed by atoms with Gasteiger partial charge in [-0.15, -0.1) is 11.3 Å². The van der Waals surface area contributed by atoms with Gasteiger partial charge in [0.2, 0.25) is 0 Å². The Hall–Kier alpha value is -4.51. The van der Waals surface area contributed by atoms with E-state index in [1.807, 2.05) is 70.7 Å². The lowest BCUT2D eigenvalue weighted by molar-refractivity contribution is 0.0115. The van der Waals surface area contributed by atoms with Crippen molar-refractivity contribution in [2.75, 3.05) is 54.9 Å². The van der Waals surface area contributed by atoms with Crippen LogP contribution in [0.25, 0.3) is 16.6 Å². The molecule has 0 bridgehead atoms. The van der Waals surface area contributed by atoms with Crippen molar-refractivity contribution in [3.63, 3.8) is 0 Å². The fraction of sp³-hybridized carbons (Fsp3) is 0.265. The van der Waals surface area contributed by atoms with Gasteiger partial charge in [0.05, 0.1) is 35.5 Å². The number of ether oxygens (including phenoxy) is 1. The zero-order valence-corrected chi connectivity index (χ0v) is 25.1. The molecule has 2 aromatic heterocycles. The fourth-order valence-corrected chi connectivity index (χ4v) is 6.68. The van der Waals surface area contributed by atoms with Crippen LogP contribution in [0.15, 0.2) is 90.4 Å². The van der Waals surface area contributed by atoms with E-state index in [1.165, 1.54) is 11.3 Å². The van der Waals surface area contributed by atoms with Crippen LogP contribution in [0.2, 0.25) is 0 Å². The molecule has 7 rings (SSSR count). The van der Waals surface area contributed by atoms with Gasteiger partial charge in [-0.1, -0.05) is 6.07 Å². The topological polar surface area (TPSA) is 91.7 Å². The van der Waals surface area contributed by atoms with Gasteiger partial charge in [0.1, 0.15) is 0 Å². The molecule has 0 radical (unpaired) electrons. The molecule has 2 fully saturated rings. The number of anilines is 3. The Balaban J connectivity index is 0.961. The monoisotopic (exact) mass is 606 g/mol. The van der Waals surface area contributed by atoms with E-state index < -0.39 is 0 Å². The molecular weight excluding hydrogens is 572 g/mol. The summed E-state index contributed by atoms with van der Waals surface area (Å²) in [4.78, 5) is 31.1. The first-order chi connectivity index (χ1) is 21.6. The van der Waals surface area contributed by atoms with Crippen molar-refractivity contribution in [1.82, 2.24) is 14.7 Å². The third-order valence-corrected chi connectivity index (χ3v) is 9.33. The van der Waals surface area contributed by atoms with Crippen LogP contribution in [0.5, 0.6) is 0 Å². The summed E-state index contributed by atoms with van der Waals surface area (Å²) in [5.41, 5.74) is 5.00. The molecule has 2 aliphatic rings. The van der Waals surface area contributed by atoms with E-state index in [1.54, 1.807) is 12.3 Å². The molecule has 2 aliphatic heterocycles. The van der Waals surface area contributed by atoms with Crippen molar-refractivity contribution in [3.8, 4) is 5.69 Å². The highest BCUT2D eigenvalue weighted by atomic mass is 32.1. The quantitative estimate of drug-likeness (QED) is 0.240. The molecular formula is C34H34N6O3S. The molecule has 44 heavy (non-hydrogen) atoms. The molecule has 0 saturated carbocycles. The summed E-state index contributed by atoms with van der Waals surface area (Å²) < 4.78 is 7.35. The number of carbonyl (C=O) groups excluding carboxylic acids is 2.